The number of halogens is 3. The summed E-state index contributed by atoms with van der Waals surface area (Å²) in [7, 11) is 0. The number of ether oxygens (including phenoxy) is 1. The van der Waals surface area contributed by atoms with Crippen molar-refractivity contribution in [2.45, 2.75) is 38.6 Å². The molecule has 6 heteroatoms. The summed E-state index contributed by atoms with van der Waals surface area (Å²) in [5.74, 6) is -0.826. The molecule has 19 heavy (non-hydrogen) atoms. The van der Waals surface area contributed by atoms with E-state index in [0.717, 1.165) is 12.1 Å². The molecule has 0 radical (unpaired) electrons. The number of hydrogen-bond donors (Lipinski definition) is 1. The van der Waals surface area contributed by atoms with Crippen molar-refractivity contribution in [2.75, 3.05) is 0 Å². The van der Waals surface area contributed by atoms with Gasteiger partial charge in [-0.3, -0.25) is 4.79 Å². The number of Topliss-reactive ketones (excluding diaryl/α,β-unsaturated/α-hetero) is 1. The second-order valence-corrected chi connectivity index (χ2v) is 4.57. The summed E-state index contributed by atoms with van der Waals surface area (Å²) in [6, 6.07) is 4.94. The van der Waals surface area contributed by atoms with Gasteiger partial charge in [-0.25, -0.2) is 0 Å². The molecule has 0 aliphatic carbocycles. The molecule has 0 aliphatic rings. The van der Waals surface area contributed by atoms with Gasteiger partial charge in [-0.1, -0.05) is 25.5 Å². The molecular weight excluding hydrogens is 259 g/mol. The fraction of sp³-hybridized carbons (Fsp3) is 0.462. The lowest BCUT2D eigenvalue weighted by Crippen LogP contribution is -2.44. The fourth-order valence-corrected chi connectivity index (χ4v) is 1.80. The van der Waals surface area contributed by atoms with Crippen LogP contribution in [0.3, 0.4) is 0 Å². The minimum Gasteiger partial charge on any atom is -0.406 e. The van der Waals surface area contributed by atoms with Gasteiger partial charge in [0, 0.05) is 5.56 Å². The molecule has 1 aromatic carbocycles. The molecule has 1 unspecified atom stereocenters. The minimum absolute atomic E-state index is 0.111. The van der Waals surface area contributed by atoms with Crippen molar-refractivity contribution < 1.29 is 22.7 Å². The van der Waals surface area contributed by atoms with Crippen LogP contribution in [0.15, 0.2) is 24.3 Å². The van der Waals surface area contributed by atoms with Crippen LogP contribution in [0.25, 0.3) is 0 Å². The zero-order chi connectivity index (χ0) is 14.7. The van der Waals surface area contributed by atoms with Crippen LogP contribution < -0.4 is 10.5 Å². The number of benzene rings is 1. The first-order valence-electron chi connectivity index (χ1n) is 5.85. The monoisotopic (exact) mass is 275 g/mol. The molecule has 0 bridgehead atoms. The third-order valence-corrected chi connectivity index (χ3v) is 2.62. The second kappa shape index (κ2) is 5.61. The van der Waals surface area contributed by atoms with E-state index >= 15 is 0 Å². The summed E-state index contributed by atoms with van der Waals surface area (Å²) in [5.41, 5.74) is 4.89. The zero-order valence-electron chi connectivity index (χ0n) is 10.8. The maximum absolute atomic E-state index is 12.1. The predicted molar refractivity (Wildman–Crippen MR) is 65.0 cm³/mol. The average Bonchev–Trinajstić information content (AvgIpc) is 2.26. The molecule has 0 aliphatic heterocycles. The van der Waals surface area contributed by atoms with Gasteiger partial charge in [-0.05, 0) is 25.5 Å². The summed E-state index contributed by atoms with van der Waals surface area (Å²) in [4.78, 5) is 12.1. The number of hydrogen-bond acceptors (Lipinski definition) is 3. The molecule has 1 atom stereocenters. The molecule has 0 spiro atoms. The van der Waals surface area contributed by atoms with Crippen LogP contribution in [-0.2, 0) is 0 Å². The number of carbonyl (C=O) groups is 1. The van der Waals surface area contributed by atoms with Gasteiger partial charge < -0.3 is 10.5 Å². The quantitative estimate of drug-likeness (QED) is 0.839. The minimum atomic E-state index is -4.78. The van der Waals surface area contributed by atoms with E-state index < -0.39 is 23.4 Å². The Balaban J connectivity index is 2.96. The van der Waals surface area contributed by atoms with Gasteiger partial charge in [0.15, 0.2) is 5.78 Å². The van der Waals surface area contributed by atoms with E-state index in [9.17, 15) is 18.0 Å². The summed E-state index contributed by atoms with van der Waals surface area (Å²) in [6.45, 7) is 3.44. The first-order valence-corrected chi connectivity index (χ1v) is 5.85. The SMILES string of the molecule is CCCC(C)(N)C(=O)c1cccc(OC(F)(F)F)c1. The van der Waals surface area contributed by atoms with Gasteiger partial charge in [0.05, 0.1) is 5.54 Å². The van der Waals surface area contributed by atoms with Crippen molar-refractivity contribution in [3.05, 3.63) is 29.8 Å². The molecule has 1 aromatic rings. The highest BCUT2D eigenvalue weighted by Crippen LogP contribution is 2.25. The maximum atomic E-state index is 12.1. The van der Waals surface area contributed by atoms with Crippen molar-refractivity contribution in [3.8, 4) is 5.75 Å². The summed E-state index contributed by atoms with van der Waals surface area (Å²) >= 11 is 0. The first-order chi connectivity index (χ1) is 8.65. The van der Waals surface area contributed by atoms with Crippen LogP contribution in [0.4, 0.5) is 13.2 Å². The molecule has 0 saturated carbocycles. The third-order valence-electron chi connectivity index (χ3n) is 2.62. The molecule has 0 heterocycles. The summed E-state index contributed by atoms with van der Waals surface area (Å²) < 4.78 is 40.1. The lowest BCUT2D eigenvalue weighted by Gasteiger charge is -2.22. The molecule has 0 aromatic heterocycles. The lowest BCUT2D eigenvalue weighted by molar-refractivity contribution is -0.274. The Labute approximate surface area is 109 Å². The second-order valence-electron chi connectivity index (χ2n) is 4.57. The van der Waals surface area contributed by atoms with Crippen LogP contribution >= 0.6 is 0 Å². The number of nitrogens with two attached hydrogens (primary N) is 1. The van der Waals surface area contributed by atoms with Crippen LogP contribution in [0, 0.1) is 0 Å². The van der Waals surface area contributed by atoms with E-state index in [1.807, 2.05) is 6.92 Å². The van der Waals surface area contributed by atoms with Gasteiger partial charge in [0.25, 0.3) is 0 Å². The molecule has 0 fully saturated rings. The van der Waals surface area contributed by atoms with E-state index in [1.165, 1.54) is 12.1 Å². The fourth-order valence-electron chi connectivity index (χ4n) is 1.80. The normalized spacial score (nSPS) is 14.8. The van der Waals surface area contributed by atoms with Gasteiger partial charge in [0.2, 0.25) is 0 Å². The Morgan fingerprint density at radius 3 is 2.53 bits per heavy atom. The first kappa shape index (κ1) is 15.5. The van der Waals surface area contributed by atoms with E-state index in [-0.39, 0.29) is 5.56 Å². The van der Waals surface area contributed by atoms with Gasteiger partial charge >= 0.3 is 6.36 Å². The molecule has 0 amide bonds. The van der Waals surface area contributed by atoms with Crippen molar-refractivity contribution in [1.29, 1.82) is 0 Å². The Morgan fingerprint density at radius 1 is 1.37 bits per heavy atom. The highest BCUT2D eigenvalue weighted by molar-refractivity contribution is 6.03. The maximum Gasteiger partial charge on any atom is 0.573 e. The largest absolute Gasteiger partial charge is 0.573 e. The average molecular weight is 275 g/mol. The van der Waals surface area contributed by atoms with Crippen LogP contribution in [0.1, 0.15) is 37.0 Å². The molecule has 1 rings (SSSR count). The number of rotatable bonds is 5. The van der Waals surface area contributed by atoms with Gasteiger partial charge in [-0.2, -0.15) is 0 Å². The van der Waals surface area contributed by atoms with Crippen molar-refractivity contribution >= 4 is 5.78 Å². The van der Waals surface area contributed by atoms with Crippen LogP contribution in [-0.4, -0.2) is 17.7 Å². The number of alkyl halides is 3. The predicted octanol–water partition coefficient (Wildman–Crippen LogP) is 3.29. The topological polar surface area (TPSA) is 52.3 Å². The summed E-state index contributed by atoms with van der Waals surface area (Å²) in [6.07, 6.45) is -3.62. The number of carbonyl (C=O) groups excluding carboxylic acids is 1. The molecule has 0 saturated heterocycles. The highest BCUT2D eigenvalue weighted by Gasteiger charge is 2.32. The van der Waals surface area contributed by atoms with Gasteiger partial charge in [0.1, 0.15) is 5.75 Å². The lowest BCUT2D eigenvalue weighted by atomic mass is 9.88. The third kappa shape index (κ3) is 4.55. The smallest absolute Gasteiger partial charge is 0.406 e. The molecular formula is C13H16F3NO2. The molecule has 106 valence electrons. The Kier molecular flexibility index (Phi) is 4.57. The molecule has 3 nitrogen and oxygen atoms in total. The Morgan fingerprint density at radius 2 is 2.00 bits per heavy atom. The van der Waals surface area contributed by atoms with E-state index in [4.69, 9.17) is 5.73 Å². The van der Waals surface area contributed by atoms with E-state index in [1.54, 1.807) is 6.92 Å². The number of ketones is 1. The zero-order valence-corrected chi connectivity index (χ0v) is 10.8. The van der Waals surface area contributed by atoms with Crippen molar-refractivity contribution in [2.24, 2.45) is 5.73 Å². The van der Waals surface area contributed by atoms with Crippen LogP contribution in [0.5, 0.6) is 5.75 Å². The Bertz CT molecular complexity index is 455. The van der Waals surface area contributed by atoms with E-state index in [0.29, 0.717) is 12.8 Å². The Hall–Kier alpha value is -1.56. The van der Waals surface area contributed by atoms with Gasteiger partial charge in [-0.15, -0.1) is 13.2 Å². The standard InChI is InChI=1S/C13H16F3NO2/c1-3-7-12(2,17)11(18)9-5-4-6-10(8-9)19-13(14,15)16/h4-6,8H,3,7,17H2,1-2H3. The van der Waals surface area contributed by atoms with Crippen molar-refractivity contribution in [3.63, 3.8) is 0 Å². The summed E-state index contributed by atoms with van der Waals surface area (Å²) in [5, 5.41) is 0. The van der Waals surface area contributed by atoms with Crippen molar-refractivity contribution in [1.82, 2.24) is 0 Å². The highest BCUT2D eigenvalue weighted by atomic mass is 19.4. The van der Waals surface area contributed by atoms with Crippen LogP contribution in [0.2, 0.25) is 0 Å². The molecule has 2 N–H and O–H groups in total. The van der Waals surface area contributed by atoms with E-state index in [2.05, 4.69) is 4.74 Å².